The number of aryl methyl sites for hydroxylation is 2. The normalized spacial score (nSPS) is 21.2. The first-order valence-electron chi connectivity index (χ1n) is 6.60. The molecule has 1 aromatic rings. The first-order valence-corrected chi connectivity index (χ1v) is 6.60. The lowest BCUT2D eigenvalue weighted by Crippen LogP contribution is -2.30. The fraction of sp³-hybridized carbons (Fsp3) is 0.769. The van der Waals surface area contributed by atoms with Crippen LogP contribution < -0.4 is 5.32 Å². The molecule has 1 aliphatic rings. The van der Waals surface area contributed by atoms with E-state index in [9.17, 15) is 0 Å². The van der Waals surface area contributed by atoms with E-state index in [1.807, 2.05) is 12.5 Å². The number of imidazole rings is 1. The second kappa shape index (κ2) is 6.04. The first kappa shape index (κ1) is 11.6. The van der Waals surface area contributed by atoms with Gasteiger partial charge in [-0.15, -0.1) is 0 Å². The molecule has 2 rings (SSSR count). The molecule has 0 aromatic carbocycles. The van der Waals surface area contributed by atoms with Gasteiger partial charge in [-0.25, -0.2) is 4.98 Å². The Morgan fingerprint density at radius 1 is 1.56 bits per heavy atom. The Labute approximate surface area is 98.3 Å². The first-order chi connectivity index (χ1) is 7.90. The van der Waals surface area contributed by atoms with Gasteiger partial charge in [0.25, 0.3) is 0 Å². The molecule has 1 fully saturated rings. The summed E-state index contributed by atoms with van der Waals surface area (Å²) >= 11 is 0. The minimum Gasteiger partial charge on any atom is -0.335 e. The van der Waals surface area contributed by atoms with E-state index in [4.69, 9.17) is 0 Å². The Bertz CT molecular complexity index is 300. The second-order valence-electron chi connectivity index (χ2n) is 4.83. The summed E-state index contributed by atoms with van der Waals surface area (Å²) in [6, 6.07) is 0. The highest BCUT2D eigenvalue weighted by Gasteiger charge is 2.13. The molecule has 0 saturated carbocycles. The average molecular weight is 221 g/mol. The van der Waals surface area contributed by atoms with Crippen LogP contribution >= 0.6 is 0 Å². The number of rotatable bonds is 5. The molecule has 0 spiro atoms. The second-order valence-corrected chi connectivity index (χ2v) is 4.83. The number of aromatic nitrogens is 2. The van der Waals surface area contributed by atoms with E-state index in [1.54, 1.807) is 0 Å². The minimum absolute atomic E-state index is 0.866. The average Bonchev–Trinajstić information content (AvgIpc) is 2.76. The molecule has 3 nitrogen and oxygen atoms in total. The van der Waals surface area contributed by atoms with Gasteiger partial charge in [-0.2, -0.15) is 0 Å². The van der Waals surface area contributed by atoms with Crippen LogP contribution in [0.3, 0.4) is 0 Å². The Kier molecular flexibility index (Phi) is 4.40. The molecule has 1 N–H and O–H groups in total. The van der Waals surface area contributed by atoms with Crippen LogP contribution in [0.25, 0.3) is 0 Å². The predicted molar refractivity (Wildman–Crippen MR) is 66.4 cm³/mol. The SMILES string of the molecule is CCCc1cncn1CCC1CCCNC1. The van der Waals surface area contributed by atoms with E-state index in [0.29, 0.717) is 0 Å². The summed E-state index contributed by atoms with van der Waals surface area (Å²) in [5, 5.41) is 3.48. The summed E-state index contributed by atoms with van der Waals surface area (Å²) in [6.07, 6.45) is 10.4. The molecular weight excluding hydrogens is 198 g/mol. The molecule has 0 aliphatic carbocycles. The van der Waals surface area contributed by atoms with Gasteiger partial charge in [0.2, 0.25) is 0 Å². The zero-order valence-corrected chi connectivity index (χ0v) is 10.3. The highest BCUT2D eigenvalue weighted by molar-refractivity contribution is 4.98. The van der Waals surface area contributed by atoms with Crippen LogP contribution in [0.5, 0.6) is 0 Å². The van der Waals surface area contributed by atoms with Crippen LogP contribution in [-0.2, 0) is 13.0 Å². The molecule has 0 radical (unpaired) electrons. The number of piperidine rings is 1. The Balaban J connectivity index is 1.81. The highest BCUT2D eigenvalue weighted by atomic mass is 15.0. The van der Waals surface area contributed by atoms with Crippen molar-refractivity contribution in [3.05, 3.63) is 18.2 Å². The lowest BCUT2D eigenvalue weighted by molar-refractivity contribution is 0.340. The fourth-order valence-corrected chi connectivity index (χ4v) is 2.51. The Morgan fingerprint density at radius 3 is 3.25 bits per heavy atom. The standard InChI is InChI=1S/C13H23N3/c1-2-4-13-10-15-11-16(13)8-6-12-5-3-7-14-9-12/h10-12,14H,2-9H2,1H3. The predicted octanol–water partition coefficient (Wildman–Crippen LogP) is 2.23. The van der Waals surface area contributed by atoms with Crippen molar-refractivity contribution in [2.24, 2.45) is 5.92 Å². The van der Waals surface area contributed by atoms with Gasteiger partial charge in [0.1, 0.15) is 0 Å². The number of nitrogens with zero attached hydrogens (tertiary/aromatic N) is 2. The molecule has 90 valence electrons. The zero-order chi connectivity index (χ0) is 11.2. The van der Waals surface area contributed by atoms with Crippen LogP contribution in [0.2, 0.25) is 0 Å². The Morgan fingerprint density at radius 2 is 2.50 bits per heavy atom. The quantitative estimate of drug-likeness (QED) is 0.826. The van der Waals surface area contributed by atoms with E-state index in [-0.39, 0.29) is 0 Å². The monoisotopic (exact) mass is 221 g/mol. The third-order valence-corrected chi connectivity index (χ3v) is 3.48. The lowest BCUT2D eigenvalue weighted by atomic mass is 9.96. The summed E-state index contributed by atoms with van der Waals surface area (Å²) in [5.74, 6) is 0.866. The van der Waals surface area contributed by atoms with Crippen LogP contribution in [0, 0.1) is 5.92 Å². The highest BCUT2D eigenvalue weighted by Crippen LogP contribution is 2.15. The summed E-state index contributed by atoms with van der Waals surface area (Å²) in [5.41, 5.74) is 1.39. The minimum atomic E-state index is 0.866. The van der Waals surface area contributed by atoms with Gasteiger partial charge in [-0.3, -0.25) is 0 Å². The number of hydrogen-bond acceptors (Lipinski definition) is 2. The maximum atomic E-state index is 4.25. The molecule has 1 unspecified atom stereocenters. The molecular formula is C13H23N3. The smallest absolute Gasteiger partial charge is 0.0948 e. The lowest BCUT2D eigenvalue weighted by Gasteiger charge is -2.23. The van der Waals surface area contributed by atoms with Crippen molar-refractivity contribution in [3.63, 3.8) is 0 Å². The molecule has 3 heteroatoms. The van der Waals surface area contributed by atoms with E-state index in [0.717, 1.165) is 18.9 Å². The topological polar surface area (TPSA) is 29.9 Å². The zero-order valence-electron chi connectivity index (χ0n) is 10.3. The van der Waals surface area contributed by atoms with Gasteiger partial charge in [0, 0.05) is 18.4 Å². The summed E-state index contributed by atoms with van der Waals surface area (Å²) < 4.78 is 2.33. The van der Waals surface area contributed by atoms with Crippen molar-refractivity contribution < 1.29 is 0 Å². The van der Waals surface area contributed by atoms with Crippen molar-refractivity contribution >= 4 is 0 Å². The summed E-state index contributed by atoms with van der Waals surface area (Å²) in [7, 11) is 0. The summed E-state index contributed by atoms with van der Waals surface area (Å²) in [4.78, 5) is 4.25. The van der Waals surface area contributed by atoms with E-state index in [2.05, 4.69) is 21.8 Å². The summed E-state index contributed by atoms with van der Waals surface area (Å²) in [6.45, 7) is 5.78. The fourth-order valence-electron chi connectivity index (χ4n) is 2.51. The Hall–Kier alpha value is -0.830. The number of nitrogens with one attached hydrogen (secondary N) is 1. The third kappa shape index (κ3) is 3.08. The maximum Gasteiger partial charge on any atom is 0.0948 e. The van der Waals surface area contributed by atoms with Gasteiger partial charge in [0.05, 0.1) is 6.33 Å². The van der Waals surface area contributed by atoms with Gasteiger partial charge >= 0.3 is 0 Å². The van der Waals surface area contributed by atoms with Crippen molar-refractivity contribution in [3.8, 4) is 0 Å². The van der Waals surface area contributed by atoms with Crippen molar-refractivity contribution in [2.45, 2.75) is 45.6 Å². The van der Waals surface area contributed by atoms with Crippen LogP contribution in [0.1, 0.15) is 38.3 Å². The van der Waals surface area contributed by atoms with E-state index < -0.39 is 0 Å². The van der Waals surface area contributed by atoms with Gasteiger partial charge in [-0.1, -0.05) is 13.3 Å². The molecule has 1 saturated heterocycles. The molecule has 1 aliphatic heterocycles. The van der Waals surface area contributed by atoms with Gasteiger partial charge < -0.3 is 9.88 Å². The molecule has 1 aromatic heterocycles. The maximum absolute atomic E-state index is 4.25. The third-order valence-electron chi connectivity index (χ3n) is 3.48. The molecule has 0 amide bonds. The van der Waals surface area contributed by atoms with Crippen LogP contribution in [0.4, 0.5) is 0 Å². The van der Waals surface area contributed by atoms with Crippen molar-refractivity contribution in [1.29, 1.82) is 0 Å². The molecule has 16 heavy (non-hydrogen) atoms. The molecule has 0 bridgehead atoms. The number of hydrogen-bond donors (Lipinski definition) is 1. The van der Waals surface area contributed by atoms with Crippen molar-refractivity contribution in [1.82, 2.24) is 14.9 Å². The van der Waals surface area contributed by atoms with Gasteiger partial charge in [-0.05, 0) is 44.7 Å². The van der Waals surface area contributed by atoms with Crippen LogP contribution in [0.15, 0.2) is 12.5 Å². The van der Waals surface area contributed by atoms with E-state index in [1.165, 1.54) is 44.5 Å². The van der Waals surface area contributed by atoms with E-state index >= 15 is 0 Å². The molecule has 2 heterocycles. The van der Waals surface area contributed by atoms with Crippen LogP contribution in [-0.4, -0.2) is 22.6 Å². The van der Waals surface area contributed by atoms with Gasteiger partial charge in [0.15, 0.2) is 0 Å². The van der Waals surface area contributed by atoms with Crippen molar-refractivity contribution in [2.75, 3.05) is 13.1 Å². The molecule has 1 atom stereocenters. The largest absolute Gasteiger partial charge is 0.335 e.